The molecule has 1 aliphatic heterocycles. The highest BCUT2D eigenvalue weighted by atomic mass is 16.5. The first kappa shape index (κ1) is 21.0. The summed E-state index contributed by atoms with van der Waals surface area (Å²) in [6, 6.07) is 13.6. The van der Waals surface area contributed by atoms with Crippen LogP contribution in [0, 0.1) is 13.8 Å². The number of rotatable bonds is 6. The number of hydrogen-bond acceptors (Lipinski definition) is 9. The Morgan fingerprint density at radius 3 is 2.71 bits per heavy atom. The normalized spacial score (nSPS) is 13.0. The topological polar surface area (TPSA) is 123 Å². The summed E-state index contributed by atoms with van der Waals surface area (Å²) in [5.74, 6) is 2.68. The van der Waals surface area contributed by atoms with Crippen LogP contribution in [0.3, 0.4) is 0 Å². The molecule has 10 nitrogen and oxygen atoms in total. The number of fused-ring (bicyclic) bond motifs is 2. The van der Waals surface area contributed by atoms with Crippen molar-refractivity contribution in [3.05, 3.63) is 71.6 Å². The number of aryl methyl sites for hydroxylation is 2. The fourth-order valence-corrected chi connectivity index (χ4v) is 4.26. The molecular weight excluding hydrogens is 446 g/mol. The monoisotopic (exact) mass is 467 g/mol. The number of nitrogens with one attached hydrogen (secondary N) is 1. The van der Waals surface area contributed by atoms with Crippen molar-refractivity contribution in [1.29, 1.82) is 0 Å². The van der Waals surface area contributed by atoms with Crippen LogP contribution in [-0.2, 0) is 6.54 Å². The molecule has 3 aromatic heterocycles. The summed E-state index contributed by atoms with van der Waals surface area (Å²) in [5, 5.41) is 17.3. The van der Waals surface area contributed by atoms with Crippen molar-refractivity contribution in [2.24, 2.45) is 0 Å². The molecule has 0 bridgehead atoms. The molecule has 35 heavy (non-hydrogen) atoms. The maximum atomic E-state index is 13.0. The molecule has 1 amide bonds. The molecule has 1 aliphatic rings. The summed E-state index contributed by atoms with van der Waals surface area (Å²) >= 11 is 0. The van der Waals surface area contributed by atoms with Gasteiger partial charge in [0.15, 0.2) is 0 Å². The van der Waals surface area contributed by atoms with E-state index in [-0.39, 0.29) is 5.91 Å². The summed E-state index contributed by atoms with van der Waals surface area (Å²) in [5.41, 5.74) is 3.24. The number of carbonyl (C=O) groups excluding carboxylic acids is 1. The lowest BCUT2D eigenvalue weighted by Crippen LogP contribution is -2.29. The van der Waals surface area contributed by atoms with Gasteiger partial charge in [-0.05, 0) is 35.2 Å². The summed E-state index contributed by atoms with van der Waals surface area (Å²) < 4.78 is 10.6. The molecule has 4 heterocycles. The highest BCUT2D eigenvalue weighted by Gasteiger charge is 2.28. The average molecular weight is 467 g/mol. The van der Waals surface area contributed by atoms with Gasteiger partial charge in [0, 0.05) is 61.8 Å². The molecule has 0 atom stereocenters. The van der Waals surface area contributed by atoms with Gasteiger partial charge in [0.1, 0.15) is 5.82 Å². The Bertz CT molecular complexity index is 1570. The van der Waals surface area contributed by atoms with E-state index in [1.165, 1.54) is 0 Å². The van der Waals surface area contributed by atoms with Crippen LogP contribution in [-0.4, -0.2) is 49.2 Å². The number of carbonyl (C=O) groups is 1. The van der Waals surface area contributed by atoms with E-state index in [4.69, 9.17) is 8.94 Å². The third-order valence-electron chi connectivity index (χ3n) is 5.99. The minimum absolute atomic E-state index is 0.0134. The molecule has 0 saturated carbocycles. The van der Waals surface area contributed by atoms with E-state index in [1.807, 2.05) is 47.4 Å². The highest BCUT2D eigenvalue weighted by Crippen LogP contribution is 2.29. The number of aromatic nitrogens is 5. The predicted octanol–water partition coefficient (Wildman–Crippen LogP) is 4.02. The molecule has 1 N–H and O–H groups in total. The molecule has 0 aliphatic carbocycles. The fraction of sp³-hybridized carbons (Fsp3) is 0.200. The van der Waals surface area contributed by atoms with Crippen LogP contribution in [0.1, 0.15) is 27.7 Å². The summed E-state index contributed by atoms with van der Waals surface area (Å²) in [4.78, 5) is 23.7. The van der Waals surface area contributed by atoms with E-state index < -0.39 is 0 Å². The van der Waals surface area contributed by atoms with Gasteiger partial charge in [0.2, 0.25) is 23.5 Å². The number of benzene rings is 2. The Kier molecular flexibility index (Phi) is 4.98. The van der Waals surface area contributed by atoms with Crippen LogP contribution >= 0.6 is 0 Å². The van der Waals surface area contributed by atoms with Gasteiger partial charge < -0.3 is 19.2 Å². The van der Waals surface area contributed by atoms with Crippen molar-refractivity contribution in [2.75, 3.05) is 18.4 Å². The third kappa shape index (κ3) is 3.88. The maximum absolute atomic E-state index is 13.0. The number of amides is 1. The molecular formula is C25H21N7O3. The van der Waals surface area contributed by atoms with Crippen LogP contribution < -0.4 is 5.32 Å². The molecule has 0 spiro atoms. The van der Waals surface area contributed by atoms with E-state index in [9.17, 15) is 4.79 Å². The van der Waals surface area contributed by atoms with Crippen LogP contribution in [0.5, 0.6) is 0 Å². The summed E-state index contributed by atoms with van der Waals surface area (Å²) in [7, 11) is 0. The molecule has 5 aromatic rings. The smallest absolute Gasteiger partial charge is 0.254 e. The number of nitrogens with zero attached hydrogens (tertiary/aromatic N) is 6. The first-order chi connectivity index (χ1) is 17.0. The minimum atomic E-state index is -0.0134. The van der Waals surface area contributed by atoms with Gasteiger partial charge in [-0.1, -0.05) is 23.4 Å². The van der Waals surface area contributed by atoms with Gasteiger partial charge in [0.05, 0.1) is 0 Å². The Morgan fingerprint density at radius 2 is 1.91 bits per heavy atom. The molecule has 2 aromatic carbocycles. The van der Waals surface area contributed by atoms with Crippen molar-refractivity contribution in [3.8, 4) is 22.8 Å². The molecule has 6 rings (SSSR count). The standard InChI is InChI=1S/C25H21N7O3/c1-14-28-22(31-35-14)17-4-3-16-7-8-26-23(20(16)11-17)27-9-10-32-13-19-6-5-18(12-21(19)25(32)33)24-30-29-15(2)34-24/h3-8,11-12H,9-10,13H2,1-2H3,(H,26,27). The SMILES string of the molecule is Cc1nc(-c2ccc3ccnc(NCCN4Cc5ccc(-c6nnc(C)o6)cc5C4=O)c3c2)no1. The van der Waals surface area contributed by atoms with Crippen molar-refractivity contribution in [3.63, 3.8) is 0 Å². The van der Waals surface area contributed by atoms with Crippen LogP contribution in [0.2, 0.25) is 0 Å². The minimum Gasteiger partial charge on any atom is -0.421 e. The van der Waals surface area contributed by atoms with E-state index in [0.717, 1.165) is 33.3 Å². The first-order valence-electron chi connectivity index (χ1n) is 11.2. The Balaban J connectivity index is 1.17. The van der Waals surface area contributed by atoms with Crippen molar-refractivity contribution in [1.82, 2.24) is 30.2 Å². The zero-order chi connectivity index (χ0) is 23.9. The van der Waals surface area contributed by atoms with Crippen molar-refractivity contribution < 1.29 is 13.7 Å². The molecule has 174 valence electrons. The summed E-state index contributed by atoms with van der Waals surface area (Å²) in [6.45, 7) is 5.14. The lowest BCUT2D eigenvalue weighted by Gasteiger charge is -2.17. The maximum Gasteiger partial charge on any atom is 0.254 e. The Hall–Kier alpha value is -4.60. The van der Waals surface area contributed by atoms with Gasteiger partial charge in [-0.15, -0.1) is 10.2 Å². The molecule has 10 heteroatoms. The Morgan fingerprint density at radius 1 is 1.03 bits per heavy atom. The second-order valence-corrected chi connectivity index (χ2v) is 8.38. The van der Waals surface area contributed by atoms with Gasteiger partial charge in [-0.2, -0.15) is 4.98 Å². The van der Waals surface area contributed by atoms with Gasteiger partial charge >= 0.3 is 0 Å². The van der Waals surface area contributed by atoms with Gasteiger partial charge in [-0.3, -0.25) is 4.79 Å². The largest absolute Gasteiger partial charge is 0.421 e. The quantitative estimate of drug-likeness (QED) is 0.394. The van der Waals surface area contributed by atoms with Gasteiger partial charge in [0.25, 0.3) is 5.91 Å². The van der Waals surface area contributed by atoms with E-state index in [0.29, 0.717) is 48.7 Å². The lowest BCUT2D eigenvalue weighted by molar-refractivity contribution is 0.0784. The lowest BCUT2D eigenvalue weighted by atomic mass is 10.1. The van der Waals surface area contributed by atoms with Crippen LogP contribution in [0.25, 0.3) is 33.6 Å². The van der Waals surface area contributed by atoms with Crippen molar-refractivity contribution in [2.45, 2.75) is 20.4 Å². The molecule has 0 saturated heterocycles. The number of hydrogen-bond donors (Lipinski definition) is 1. The van der Waals surface area contributed by atoms with E-state index >= 15 is 0 Å². The number of anilines is 1. The molecule has 0 fully saturated rings. The predicted molar refractivity (Wildman–Crippen MR) is 127 cm³/mol. The first-order valence-corrected chi connectivity index (χ1v) is 11.2. The molecule has 0 unspecified atom stereocenters. The van der Waals surface area contributed by atoms with Crippen LogP contribution in [0.15, 0.2) is 57.6 Å². The van der Waals surface area contributed by atoms with Gasteiger partial charge in [-0.25, -0.2) is 4.98 Å². The average Bonchev–Trinajstić information content (AvgIpc) is 3.58. The third-order valence-corrected chi connectivity index (χ3v) is 5.99. The Labute approximate surface area is 200 Å². The zero-order valence-corrected chi connectivity index (χ0v) is 19.1. The van der Waals surface area contributed by atoms with Crippen molar-refractivity contribution >= 4 is 22.5 Å². The fourth-order valence-electron chi connectivity index (χ4n) is 4.26. The zero-order valence-electron chi connectivity index (χ0n) is 19.1. The van der Waals surface area contributed by atoms with E-state index in [1.54, 1.807) is 20.0 Å². The molecule has 0 radical (unpaired) electrons. The second kappa shape index (κ2) is 8.32. The summed E-state index contributed by atoms with van der Waals surface area (Å²) in [6.07, 6.45) is 1.76. The highest BCUT2D eigenvalue weighted by molar-refractivity contribution is 5.99. The second-order valence-electron chi connectivity index (χ2n) is 8.38. The number of pyridine rings is 1. The van der Waals surface area contributed by atoms with E-state index in [2.05, 4.69) is 30.6 Å². The van der Waals surface area contributed by atoms with Crippen LogP contribution in [0.4, 0.5) is 5.82 Å².